The van der Waals surface area contributed by atoms with Crippen LogP contribution in [0.5, 0.6) is 0 Å². The van der Waals surface area contributed by atoms with E-state index in [1.54, 1.807) is 0 Å². The summed E-state index contributed by atoms with van der Waals surface area (Å²) in [4.78, 5) is 14.1. The van der Waals surface area contributed by atoms with Crippen LogP contribution in [0.2, 0.25) is 0 Å². The van der Waals surface area contributed by atoms with Crippen LogP contribution in [0.15, 0.2) is 0 Å². The molecule has 2 unspecified atom stereocenters. The van der Waals surface area contributed by atoms with Crippen molar-refractivity contribution in [1.82, 2.24) is 10.2 Å². The van der Waals surface area contributed by atoms with Gasteiger partial charge in [0.1, 0.15) is 0 Å². The Morgan fingerprint density at radius 2 is 2.24 bits per heavy atom. The van der Waals surface area contributed by atoms with E-state index in [0.717, 1.165) is 13.1 Å². The number of hydrogen-bond donors (Lipinski definition) is 2. The van der Waals surface area contributed by atoms with Gasteiger partial charge in [-0.2, -0.15) is 0 Å². The van der Waals surface area contributed by atoms with Crippen molar-refractivity contribution in [2.45, 2.75) is 32.9 Å². The fraction of sp³-hybridized carbons (Fsp3) is 0.917. The molecule has 1 rings (SSSR count). The highest BCUT2D eigenvalue weighted by molar-refractivity contribution is 5.81. The van der Waals surface area contributed by atoms with Crippen molar-refractivity contribution < 1.29 is 9.53 Å². The van der Waals surface area contributed by atoms with Gasteiger partial charge < -0.3 is 15.8 Å². The number of carbonyl (C=O) groups excluding carboxylic acids is 1. The van der Waals surface area contributed by atoms with Crippen LogP contribution in [-0.2, 0) is 9.53 Å². The number of carbonyl (C=O) groups is 1. The number of morpholine rings is 1. The molecule has 0 bridgehead atoms. The Bertz CT molecular complexity index is 246. The summed E-state index contributed by atoms with van der Waals surface area (Å²) in [6, 6.07) is 0.0229. The zero-order valence-corrected chi connectivity index (χ0v) is 11.1. The lowest BCUT2D eigenvalue weighted by Gasteiger charge is -2.38. The summed E-state index contributed by atoms with van der Waals surface area (Å²) in [6.07, 6.45) is 0. The number of hydrogen-bond acceptors (Lipinski definition) is 4. The molecular weight excluding hydrogens is 218 g/mol. The standard InChI is InChI=1S/C12H25N3O2/c1-9(2)7-14-12(16)10(3)15-4-5-17-8-11(15)6-13/h9-11H,4-8,13H2,1-3H3,(H,14,16). The first-order valence-electron chi connectivity index (χ1n) is 6.37. The minimum absolute atomic E-state index is 0.0825. The molecule has 0 radical (unpaired) electrons. The number of nitrogens with one attached hydrogen (secondary N) is 1. The van der Waals surface area contributed by atoms with Crippen LogP contribution in [0, 0.1) is 5.92 Å². The van der Waals surface area contributed by atoms with Gasteiger partial charge in [-0.15, -0.1) is 0 Å². The second-order valence-corrected chi connectivity index (χ2v) is 5.02. The lowest BCUT2D eigenvalue weighted by atomic mass is 10.1. The summed E-state index contributed by atoms with van der Waals surface area (Å²) >= 11 is 0. The SMILES string of the molecule is CC(C)CNC(=O)C(C)N1CCOCC1CN. The van der Waals surface area contributed by atoms with Gasteiger partial charge in [-0.05, 0) is 12.8 Å². The van der Waals surface area contributed by atoms with Gasteiger partial charge in [0.25, 0.3) is 0 Å². The van der Waals surface area contributed by atoms with E-state index >= 15 is 0 Å². The van der Waals surface area contributed by atoms with E-state index in [9.17, 15) is 4.79 Å². The minimum Gasteiger partial charge on any atom is -0.378 e. The number of rotatable bonds is 5. The molecule has 1 aliphatic heterocycles. The highest BCUT2D eigenvalue weighted by Gasteiger charge is 2.29. The number of amides is 1. The Morgan fingerprint density at radius 1 is 1.53 bits per heavy atom. The largest absolute Gasteiger partial charge is 0.378 e. The molecule has 5 heteroatoms. The van der Waals surface area contributed by atoms with Crippen LogP contribution in [0.4, 0.5) is 0 Å². The van der Waals surface area contributed by atoms with Crippen molar-refractivity contribution in [3.63, 3.8) is 0 Å². The first-order valence-corrected chi connectivity index (χ1v) is 6.37. The Balaban J connectivity index is 2.48. The summed E-state index contributed by atoms with van der Waals surface area (Å²) in [5, 5.41) is 2.96. The summed E-state index contributed by atoms with van der Waals surface area (Å²) in [5.74, 6) is 0.556. The molecule has 100 valence electrons. The highest BCUT2D eigenvalue weighted by Crippen LogP contribution is 2.10. The lowest BCUT2D eigenvalue weighted by molar-refractivity contribution is -0.129. The Kier molecular flexibility index (Phi) is 5.88. The molecule has 0 aromatic rings. The lowest BCUT2D eigenvalue weighted by Crippen LogP contribution is -2.57. The van der Waals surface area contributed by atoms with E-state index in [2.05, 4.69) is 24.1 Å². The van der Waals surface area contributed by atoms with Crippen molar-refractivity contribution in [3.8, 4) is 0 Å². The van der Waals surface area contributed by atoms with E-state index in [-0.39, 0.29) is 18.0 Å². The van der Waals surface area contributed by atoms with Gasteiger partial charge in [0.05, 0.1) is 19.3 Å². The van der Waals surface area contributed by atoms with Gasteiger partial charge in [0, 0.05) is 25.7 Å². The quantitative estimate of drug-likeness (QED) is 0.702. The highest BCUT2D eigenvalue weighted by atomic mass is 16.5. The van der Waals surface area contributed by atoms with Crippen LogP contribution in [0.3, 0.4) is 0 Å². The van der Waals surface area contributed by atoms with Crippen molar-refractivity contribution >= 4 is 5.91 Å². The van der Waals surface area contributed by atoms with Crippen molar-refractivity contribution in [3.05, 3.63) is 0 Å². The molecule has 1 fully saturated rings. The Labute approximate surface area is 104 Å². The van der Waals surface area contributed by atoms with Crippen LogP contribution < -0.4 is 11.1 Å². The first-order chi connectivity index (χ1) is 8.06. The molecule has 1 heterocycles. The number of nitrogens with two attached hydrogens (primary N) is 1. The fourth-order valence-electron chi connectivity index (χ4n) is 1.98. The molecule has 2 atom stereocenters. The third-order valence-electron chi connectivity index (χ3n) is 3.11. The van der Waals surface area contributed by atoms with E-state index in [4.69, 9.17) is 10.5 Å². The molecule has 3 N–H and O–H groups in total. The molecule has 1 saturated heterocycles. The molecule has 5 nitrogen and oxygen atoms in total. The summed E-state index contributed by atoms with van der Waals surface area (Å²) in [6.45, 7) is 9.44. The third kappa shape index (κ3) is 4.26. The number of ether oxygens (including phenoxy) is 1. The molecule has 0 aliphatic carbocycles. The summed E-state index contributed by atoms with van der Waals surface area (Å²) in [7, 11) is 0. The van der Waals surface area contributed by atoms with Gasteiger partial charge in [-0.3, -0.25) is 9.69 Å². The van der Waals surface area contributed by atoms with Crippen LogP contribution in [-0.4, -0.2) is 55.7 Å². The summed E-state index contributed by atoms with van der Waals surface area (Å²) in [5.41, 5.74) is 5.70. The van der Waals surface area contributed by atoms with E-state index in [0.29, 0.717) is 25.7 Å². The zero-order chi connectivity index (χ0) is 12.8. The maximum atomic E-state index is 12.0. The van der Waals surface area contributed by atoms with Gasteiger partial charge in [-0.25, -0.2) is 0 Å². The maximum Gasteiger partial charge on any atom is 0.237 e. The number of nitrogens with zero attached hydrogens (tertiary/aromatic N) is 1. The van der Waals surface area contributed by atoms with Crippen LogP contribution in [0.25, 0.3) is 0 Å². The van der Waals surface area contributed by atoms with Crippen LogP contribution >= 0.6 is 0 Å². The molecule has 0 aromatic heterocycles. The van der Waals surface area contributed by atoms with E-state index in [1.807, 2.05) is 6.92 Å². The normalized spacial score (nSPS) is 23.7. The third-order valence-corrected chi connectivity index (χ3v) is 3.11. The van der Waals surface area contributed by atoms with Gasteiger partial charge in [0.15, 0.2) is 0 Å². The smallest absolute Gasteiger partial charge is 0.237 e. The van der Waals surface area contributed by atoms with Gasteiger partial charge in [0.2, 0.25) is 5.91 Å². The Morgan fingerprint density at radius 3 is 2.82 bits per heavy atom. The Hall–Kier alpha value is -0.650. The second-order valence-electron chi connectivity index (χ2n) is 5.02. The minimum atomic E-state index is -0.133. The molecule has 1 amide bonds. The zero-order valence-electron chi connectivity index (χ0n) is 11.1. The first kappa shape index (κ1) is 14.4. The molecule has 17 heavy (non-hydrogen) atoms. The van der Waals surface area contributed by atoms with Gasteiger partial charge in [-0.1, -0.05) is 13.8 Å². The molecular formula is C12H25N3O2. The average Bonchev–Trinajstić information content (AvgIpc) is 2.34. The maximum absolute atomic E-state index is 12.0. The molecule has 1 aliphatic rings. The second kappa shape index (κ2) is 6.93. The van der Waals surface area contributed by atoms with Crippen molar-refractivity contribution in [2.24, 2.45) is 11.7 Å². The van der Waals surface area contributed by atoms with Crippen molar-refractivity contribution in [1.29, 1.82) is 0 Å². The van der Waals surface area contributed by atoms with E-state index in [1.165, 1.54) is 0 Å². The predicted octanol–water partition coefficient (Wildman–Crippen LogP) is -0.193. The molecule has 0 spiro atoms. The average molecular weight is 243 g/mol. The van der Waals surface area contributed by atoms with Gasteiger partial charge >= 0.3 is 0 Å². The fourth-order valence-corrected chi connectivity index (χ4v) is 1.98. The topological polar surface area (TPSA) is 67.6 Å². The van der Waals surface area contributed by atoms with Crippen LogP contribution in [0.1, 0.15) is 20.8 Å². The molecule has 0 saturated carbocycles. The summed E-state index contributed by atoms with van der Waals surface area (Å²) < 4.78 is 5.38. The van der Waals surface area contributed by atoms with Crippen molar-refractivity contribution in [2.75, 3.05) is 32.8 Å². The van der Waals surface area contributed by atoms with E-state index < -0.39 is 0 Å². The monoisotopic (exact) mass is 243 g/mol. The predicted molar refractivity (Wildman–Crippen MR) is 67.7 cm³/mol. The molecule has 0 aromatic carbocycles.